The molecule has 1 aromatic carbocycles. The van der Waals surface area contributed by atoms with Crippen LogP contribution in [0.4, 0.5) is 0 Å². The van der Waals surface area contributed by atoms with E-state index in [1.165, 1.54) is 7.11 Å². The van der Waals surface area contributed by atoms with Crippen molar-refractivity contribution in [2.75, 3.05) is 7.11 Å². The Morgan fingerprint density at radius 2 is 2.00 bits per heavy atom. The lowest BCUT2D eigenvalue weighted by molar-refractivity contribution is -0.139. The largest absolute Gasteiger partial charge is 0.496 e. The number of hydrogen-bond acceptors (Lipinski definition) is 3. The summed E-state index contributed by atoms with van der Waals surface area (Å²) >= 11 is 0. The number of fused-ring (bicyclic) bond motifs is 1. The predicted molar refractivity (Wildman–Crippen MR) is 80.5 cm³/mol. The van der Waals surface area contributed by atoms with Gasteiger partial charge in [-0.25, -0.2) is 0 Å². The van der Waals surface area contributed by atoms with Gasteiger partial charge in [0.25, 0.3) is 0 Å². The van der Waals surface area contributed by atoms with Crippen molar-refractivity contribution in [1.29, 1.82) is 0 Å². The number of hydrogen-bond donors (Lipinski definition) is 1. The Morgan fingerprint density at radius 3 is 2.73 bits per heavy atom. The van der Waals surface area contributed by atoms with E-state index >= 15 is 0 Å². The number of carboxylic acid groups (broad SMARTS) is 1. The molecule has 1 aliphatic rings. The van der Waals surface area contributed by atoms with Crippen LogP contribution in [0.1, 0.15) is 40.5 Å². The zero-order valence-corrected chi connectivity index (χ0v) is 12.3. The van der Waals surface area contributed by atoms with Crippen LogP contribution >= 0.6 is 0 Å². The van der Waals surface area contributed by atoms with Crippen LogP contribution in [0.5, 0.6) is 5.75 Å². The molecule has 114 valence electrons. The summed E-state index contributed by atoms with van der Waals surface area (Å²) in [5.41, 5.74) is 1.71. The van der Waals surface area contributed by atoms with E-state index in [4.69, 9.17) is 4.74 Å². The van der Waals surface area contributed by atoms with Gasteiger partial charge >= 0.3 is 5.97 Å². The number of carbonyl (C=O) groups excluding carboxylic acids is 1. The fraction of sp³-hybridized carbons (Fsp3) is 0.294. The lowest BCUT2D eigenvalue weighted by Gasteiger charge is -2.23. The molecule has 1 N–H and O–H groups in total. The number of carbonyl (C=O) groups is 2. The minimum absolute atomic E-state index is 0.144. The molecule has 3 rings (SSSR count). The van der Waals surface area contributed by atoms with Crippen LogP contribution in [0, 0.1) is 0 Å². The smallest absolute Gasteiger partial charge is 0.312 e. The van der Waals surface area contributed by atoms with Gasteiger partial charge in [0.15, 0.2) is 0 Å². The van der Waals surface area contributed by atoms with Crippen LogP contribution in [0.2, 0.25) is 0 Å². The third-order valence-electron chi connectivity index (χ3n) is 4.13. The Kier molecular flexibility index (Phi) is 3.71. The van der Waals surface area contributed by atoms with Gasteiger partial charge in [-0.15, -0.1) is 0 Å². The van der Waals surface area contributed by atoms with E-state index in [0.717, 1.165) is 6.42 Å². The number of benzene rings is 1. The maximum absolute atomic E-state index is 12.8. The number of carboxylic acids is 1. The Morgan fingerprint density at radius 1 is 1.23 bits per heavy atom. The summed E-state index contributed by atoms with van der Waals surface area (Å²) in [7, 11) is 1.53. The van der Waals surface area contributed by atoms with E-state index < -0.39 is 11.9 Å². The monoisotopic (exact) mass is 299 g/mol. The highest BCUT2D eigenvalue weighted by molar-refractivity contribution is 6.10. The van der Waals surface area contributed by atoms with Gasteiger partial charge in [-0.05, 0) is 37.1 Å². The average Bonchev–Trinajstić information content (AvgIpc) is 2.97. The number of para-hydroxylation sites is 1. The molecule has 2 heterocycles. The van der Waals surface area contributed by atoms with Crippen molar-refractivity contribution in [3.05, 3.63) is 53.3 Å². The Balaban J connectivity index is 2.03. The van der Waals surface area contributed by atoms with Gasteiger partial charge < -0.3 is 14.4 Å². The molecule has 0 saturated carbocycles. The van der Waals surface area contributed by atoms with E-state index in [2.05, 4.69) is 0 Å². The molecule has 1 aromatic heterocycles. The van der Waals surface area contributed by atoms with Crippen molar-refractivity contribution in [3.63, 3.8) is 0 Å². The predicted octanol–water partition coefficient (Wildman–Crippen LogP) is 2.69. The SMILES string of the molecule is COc1ccccc1C(=O)c1ccc2n1CCCC2C(=O)O. The molecule has 0 spiro atoms. The maximum Gasteiger partial charge on any atom is 0.312 e. The van der Waals surface area contributed by atoms with Crippen LogP contribution in [0.15, 0.2) is 36.4 Å². The number of ketones is 1. The number of methoxy groups -OCH3 is 1. The Hall–Kier alpha value is -2.56. The molecule has 5 nitrogen and oxygen atoms in total. The highest BCUT2D eigenvalue weighted by atomic mass is 16.5. The van der Waals surface area contributed by atoms with E-state index in [1.54, 1.807) is 30.3 Å². The van der Waals surface area contributed by atoms with Crippen molar-refractivity contribution in [1.82, 2.24) is 4.57 Å². The van der Waals surface area contributed by atoms with Crippen LogP contribution in [-0.4, -0.2) is 28.5 Å². The fourth-order valence-electron chi connectivity index (χ4n) is 3.06. The van der Waals surface area contributed by atoms with E-state index in [0.29, 0.717) is 35.7 Å². The number of aliphatic carboxylic acids is 1. The minimum Gasteiger partial charge on any atom is -0.496 e. The first-order valence-corrected chi connectivity index (χ1v) is 7.23. The number of nitrogens with zero attached hydrogens (tertiary/aromatic N) is 1. The van der Waals surface area contributed by atoms with E-state index in [9.17, 15) is 14.7 Å². The molecule has 5 heteroatoms. The Labute approximate surface area is 128 Å². The second-order valence-corrected chi connectivity index (χ2v) is 5.36. The molecule has 1 atom stereocenters. The van der Waals surface area contributed by atoms with E-state index in [1.807, 2.05) is 10.6 Å². The summed E-state index contributed by atoms with van der Waals surface area (Å²) < 4.78 is 7.07. The van der Waals surface area contributed by atoms with Crippen molar-refractivity contribution >= 4 is 11.8 Å². The second-order valence-electron chi connectivity index (χ2n) is 5.36. The number of rotatable bonds is 4. The molecule has 0 radical (unpaired) electrons. The summed E-state index contributed by atoms with van der Waals surface area (Å²) in [4.78, 5) is 24.1. The first kappa shape index (κ1) is 14.4. The van der Waals surface area contributed by atoms with Gasteiger partial charge in [-0.3, -0.25) is 9.59 Å². The number of ether oxygens (including phenoxy) is 1. The minimum atomic E-state index is -0.838. The zero-order valence-electron chi connectivity index (χ0n) is 12.3. The van der Waals surface area contributed by atoms with Gasteiger partial charge in [0.05, 0.1) is 24.3 Å². The summed E-state index contributed by atoms with van der Waals surface area (Å²) in [5.74, 6) is -0.994. The topological polar surface area (TPSA) is 68.5 Å². The first-order valence-electron chi connectivity index (χ1n) is 7.23. The molecule has 0 aliphatic carbocycles. The molecular weight excluding hydrogens is 282 g/mol. The maximum atomic E-state index is 12.8. The molecule has 1 aliphatic heterocycles. The summed E-state index contributed by atoms with van der Waals surface area (Å²) in [6.45, 7) is 0.669. The quantitative estimate of drug-likeness (QED) is 0.881. The lowest BCUT2D eigenvalue weighted by Crippen LogP contribution is -2.24. The van der Waals surface area contributed by atoms with Crippen molar-refractivity contribution in [2.45, 2.75) is 25.3 Å². The van der Waals surface area contributed by atoms with Gasteiger partial charge in [-0.2, -0.15) is 0 Å². The van der Waals surface area contributed by atoms with Gasteiger partial charge in [0.2, 0.25) is 5.78 Å². The van der Waals surface area contributed by atoms with E-state index in [-0.39, 0.29) is 5.78 Å². The average molecular weight is 299 g/mol. The third kappa shape index (κ3) is 2.28. The normalized spacial score (nSPS) is 16.9. The summed E-state index contributed by atoms with van der Waals surface area (Å²) in [6.07, 6.45) is 1.37. The zero-order chi connectivity index (χ0) is 15.7. The van der Waals surface area contributed by atoms with Gasteiger partial charge in [0, 0.05) is 12.2 Å². The molecule has 1 unspecified atom stereocenters. The van der Waals surface area contributed by atoms with Gasteiger partial charge in [0.1, 0.15) is 5.75 Å². The fourth-order valence-corrected chi connectivity index (χ4v) is 3.06. The van der Waals surface area contributed by atoms with Crippen molar-refractivity contribution in [3.8, 4) is 5.75 Å². The van der Waals surface area contributed by atoms with Crippen LogP contribution in [0.25, 0.3) is 0 Å². The van der Waals surface area contributed by atoms with Crippen molar-refractivity contribution < 1.29 is 19.4 Å². The van der Waals surface area contributed by atoms with Gasteiger partial charge in [-0.1, -0.05) is 12.1 Å². The molecule has 22 heavy (non-hydrogen) atoms. The summed E-state index contributed by atoms with van der Waals surface area (Å²) in [5, 5.41) is 9.31. The first-order chi connectivity index (χ1) is 10.6. The second kappa shape index (κ2) is 5.67. The van der Waals surface area contributed by atoms with Crippen LogP contribution in [0.3, 0.4) is 0 Å². The molecule has 2 aromatic rings. The molecule has 0 amide bonds. The highest BCUT2D eigenvalue weighted by Crippen LogP contribution is 2.31. The molecular formula is C17H17NO4. The van der Waals surface area contributed by atoms with Crippen molar-refractivity contribution in [2.24, 2.45) is 0 Å². The molecule has 0 saturated heterocycles. The molecule has 0 fully saturated rings. The van der Waals surface area contributed by atoms with Crippen LogP contribution < -0.4 is 4.74 Å². The Bertz CT molecular complexity index is 732. The number of aromatic nitrogens is 1. The third-order valence-corrected chi connectivity index (χ3v) is 4.13. The summed E-state index contributed by atoms with van der Waals surface area (Å²) in [6, 6.07) is 10.5. The van der Waals surface area contributed by atoms with Crippen LogP contribution in [-0.2, 0) is 11.3 Å². The standard InChI is InChI=1S/C17H17NO4/c1-22-15-7-3-2-5-12(15)16(19)14-9-8-13-11(17(20)21)6-4-10-18(13)14/h2-3,5,7-9,11H,4,6,10H2,1H3,(H,20,21). The highest BCUT2D eigenvalue weighted by Gasteiger charge is 2.30. The lowest BCUT2D eigenvalue weighted by atomic mass is 9.96. The molecule has 0 bridgehead atoms.